The van der Waals surface area contributed by atoms with E-state index in [2.05, 4.69) is 29.2 Å². The Labute approximate surface area is 183 Å². The van der Waals surface area contributed by atoms with Crippen molar-refractivity contribution < 1.29 is 4.79 Å². The van der Waals surface area contributed by atoms with Gasteiger partial charge in [-0.2, -0.15) is 5.10 Å². The van der Waals surface area contributed by atoms with Crippen LogP contribution in [0.3, 0.4) is 0 Å². The lowest BCUT2D eigenvalue weighted by molar-refractivity contribution is 0.0704. The van der Waals surface area contributed by atoms with Crippen molar-refractivity contribution in [2.24, 2.45) is 5.92 Å². The van der Waals surface area contributed by atoms with Crippen LogP contribution in [-0.4, -0.2) is 32.6 Å². The molecule has 1 aliphatic heterocycles. The number of hydrogen-bond donors (Lipinski definition) is 0. The number of rotatable bonds is 3. The van der Waals surface area contributed by atoms with Gasteiger partial charge in [-0.05, 0) is 55.9 Å². The van der Waals surface area contributed by atoms with Crippen molar-refractivity contribution in [3.05, 3.63) is 65.2 Å². The second-order valence-corrected chi connectivity index (χ2v) is 9.55. The van der Waals surface area contributed by atoms with Crippen LogP contribution in [0.25, 0.3) is 16.8 Å². The number of aryl methyl sites for hydroxylation is 1. The quantitative estimate of drug-likeness (QED) is 0.605. The Balaban J connectivity index is 1.52. The summed E-state index contributed by atoms with van der Waals surface area (Å²) in [5.41, 5.74) is 7.06. The first kappa shape index (κ1) is 18.8. The van der Waals surface area contributed by atoms with Crippen molar-refractivity contribution in [1.29, 1.82) is 0 Å². The summed E-state index contributed by atoms with van der Waals surface area (Å²) < 4.78 is 1.93. The van der Waals surface area contributed by atoms with E-state index in [1.165, 1.54) is 31.2 Å². The van der Waals surface area contributed by atoms with Crippen LogP contribution in [0.2, 0.25) is 0 Å². The number of carbonyl (C=O) groups excluding carboxylic acids is 1. The zero-order valence-corrected chi connectivity index (χ0v) is 18.3. The molecule has 2 aliphatic carbocycles. The molecule has 2 saturated carbocycles. The summed E-state index contributed by atoms with van der Waals surface area (Å²) in [5.74, 6) is 0.781. The Morgan fingerprint density at radius 3 is 2.68 bits per heavy atom. The van der Waals surface area contributed by atoms with E-state index < -0.39 is 0 Å². The van der Waals surface area contributed by atoms with Gasteiger partial charge in [-0.25, -0.2) is 4.68 Å². The maximum absolute atomic E-state index is 13.5. The monoisotopic (exact) mass is 412 g/mol. The van der Waals surface area contributed by atoms with Crippen LogP contribution < -0.4 is 0 Å². The summed E-state index contributed by atoms with van der Waals surface area (Å²) in [6.07, 6.45) is 10.0. The zero-order valence-electron chi connectivity index (χ0n) is 18.3. The highest BCUT2D eigenvalue weighted by molar-refractivity contribution is 5.95. The molecule has 2 aromatic heterocycles. The molecule has 3 aromatic rings. The number of fused-ring (bicyclic) bond motifs is 4. The molecule has 158 valence electrons. The largest absolute Gasteiger partial charge is 0.331 e. The summed E-state index contributed by atoms with van der Waals surface area (Å²) in [5, 5.41) is 5.00. The van der Waals surface area contributed by atoms with Gasteiger partial charge in [0.15, 0.2) is 0 Å². The SMILES string of the molecule is Cc1ncccc1-c1ccc2c(c1)-n1nc(CC3CCCC3)cc1C(=O)N(C)C21CC1. The van der Waals surface area contributed by atoms with E-state index in [-0.39, 0.29) is 11.4 Å². The Morgan fingerprint density at radius 1 is 1.13 bits per heavy atom. The van der Waals surface area contributed by atoms with Gasteiger partial charge in [-0.3, -0.25) is 9.78 Å². The Hall–Kier alpha value is -2.95. The number of amides is 1. The minimum Gasteiger partial charge on any atom is -0.331 e. The molecule has 1 spiro atoms. The van der Waals surface area contributed by atoms with Crippen LogP contribution in [0.1, 0.15) is 66.0 Å². The zero-order chi connectivity index (χ0) is 21.2. The first-order valence-electron chi connectivity index (χ1n) is 11.5. The van der Waals surface area contributed by atoms with Gasteiger partial charge in [-0.15, -0.1) is 0 Å². The van der Waals surface area contributed by atoms with E-state index in [9.17, 15) is 4.79 Å². The smallest absolute Gasteiger partial charge is 0.273 e. The highest BCUT2D eigenvalue weighted by Gasteiger charge is 2.53. The molecule has 0 unspecified atom stereocenters. The second-order valence-electron chi connectivity index (χ2n) is 9.55. The van der Waals surface area contributed by atoms with E-state index in [1.807, 2.05) is 41.9 Å². The van der Waals surface area contributed by atoms with Gasteiger partial charge in [0.1, 0.15) is 5.69 Å². The number of benzene rings is 1. The highest BCUT2D eigenvalue weighted by atomic mass is 16.2. The van der Waals surface area contributed by atoms with Gasteiger partial charge in [0.2, 0.25) is 0 Å². The van der Waals surface area contributed by atoms with Crippen molar-refractivity contribution in [1.82, 2.24) is 19.7 Å². The van der Waals surface area contributed by atoms with E-state index in [0.717, 1.165) is 47.5 Å². The predicted molar refractivity (Wildman–Crippen MR) is 120 cm³/mol. The van der Waals surface area contributed by atoms with Crippen LogP contribution >= 0.6 is 0 Å². The fourth-order valence-electron chi connectivity index (χ4n) is 5.70. The lowest BCUT2D eigenvalue weighted by atomic mass is 9.96. The summed E-state index contributed by atoms with van der Waals surface area (Å²) in [7, 11) is 1.96. The fourth-order valence-corrected chi connectivity index (χ4v) is 5.70. The minimum atomic E-state index is -0.193. The molecule has 1 amide bonds. The number of hydrogen-bond acceptors (Lipinski definition) is 3. The summed E-state index contributed by atoms with van der Waals surface area (Å²) in [6.45, 7) is 2.04. The van der Waals surface area contributed by atoms with E-state index in [1.54, 1.807) is 0 Å². The first-order chi connectivity index (χ1) is 15.1. The van der Waals surface area contributed by atoms with Gasteiger partial charge >= 0.3 is 0 Å². The van der Waals surface area contributed by atoms with E-state index in [0.29, 0.717) is 11.6 Å². The number of pyridine rings is 1. The molecule has 0 radical (unpaired) electrons. The van der Waals surface area contributed by atoms with Gasteiger partial charge in [0, 0.05) is 30.1 Å². The first-order valence-corrected chi connectivity index (χ1v) is 11.5. The van der Waals surface area contributed by atoms with Gasteiger partial charge in [0.05, 0.1) is 16.9 Å². The number of nitrogens with zero attached hydrogens (tertiary/aromatic N) is 4. The minimum absolute atomic E-state index is 0.0815. The van der Waals surface area contributed by atoms with Crippen molar-refractivity contribution in [3.8, 4) is 16.8 Å². The third-order valence-corrected chi connectivity index (χ3v) is 7.67. The lowest BCUT2D eigenvalue weighted by Gasteiger charge is -2.27. The van der Waals surface area contributed by atoms with Crippen LogP contribution in [-0.2, 0) is 12.0 Å². The third-order valence-electron chi connectivity index (χ3n) is 7.67. The molecule has 1 aromatic carbocycles. The van der Waals surface area contributed by atoms with Crippen LogP contribution in [0.4, 0.5) is 0 Å². The fraction of sp³-hybridized carbons (Fsp3) is 0.423. The van der Waals surface area contributed by atoms with Crippen LogP contribution in [0, 0.1) is 12.8 Å². The van der Waals surface area contributed by atoms with E-state index in [4.69, 9.17) is 5.10 Å². The maximum Gasteiger partial charge on any atom is 0.273 e. The van der Waals surface area contributed by atoms with Gasteiger partial charge in [-0.1, -0.05) is 43.9 Å². The maximum atomic E-state index is 13.5. The molecular weight excluding hydrogens is 384 g/mol. The van der Waals surface area contributed by atoms with Crippen LogP contribution in [0.5, 0.6) is 0 Å². The van der Waals surface area contributed by atoms with Crippen LogP contribution in [0.15, 0.2) is 42.6 Å². The highest BCUT2D eigenvalue weighted by Crippen LogP contribution is 2.54. The topological polar surface area (TPSA) is 51.0 Å². The van der Waals surface area contributed by atoms with Gasteiger partial charge in [0.25, 0.3) is 5.91 Å². The summed E-state index contributed by atoms with van der Waals surface area (Å²) in [6, 6.07) is 12.7. The molecule has 5 nitrogen and oxygen atoms in total. The number of carbonyl (C=O) groups is 1. The molecule has 5 heteroatoms. The molecule has 31 heavy (non-hydrogen) atoms. The number of aromatic nitrogens is 3. The molecule has 0 atom stereocenters. The molecule has 2 fully saturated rings. The van der Waals surface area contributed by atoms with E-state index >= 15 is 0 Å². The van der Waals surface area contributed by atoms with Crippen molar-refractivity contribution in [2.75, 3.05) is 7.05 Å². The molecule has 0 bridgehead atoms. The van der Waals surface area contributed by atoms with Crippen molar-refractivity contribution in [2.45, 2.75) is 57.4 Å². The normalized spacial score (nSPS) is 19.4. The molecular formula is C26H28N4O. The average Bonchev–Trinajstić information content (AvgIpc) is 3.23. The molecule has 6 rings (SSSR count). The predicted octanol–water partition coefficient (Wildman–Crippen LogP) is 5.05. The molecule has 0 N–H and O–H groups in total. The summed E-state index contributed by atoms with van der Waals surface area (Å²) >= 11 is 0. The Bertz CT molecular complexity index is 1180. The lowest BCUT2D eigenvalue weighted by Crippen LogP contribution is -2.36. The molecule has 0 saturated heterocycles. The van der Waals surface area contributed by atoms with Crippen molar-refractivity contribution in [3.63, 3.8) is 0 Å². The Kier molecular flexibility index (Phi) is 4.11. The standard InChI is InChI=1S/C26H28N4O/c1-17-21(8-5-13-27-17)19-9-10-22-23(15-19)30-24(25(31)29(2)26(22)11-12-26)16-20(28-30)14-18-6-3-4-7-18/h5,8-10,13,15-16,18H,3-4,6-7,11-12,14H2,1-2H3. The third kappa shape index (κ3) is 2.86. The molecule has 3 aliphatic rings. The molecule has 3 heterocycles. The average molecular weight is 413 g/mol. The Morgan fingerprint density at radius 2 is 1.94 bits per heavy atom. The summed E-state index contributed by atoms with van der Waals surface area (Å²) in [4.78, 5) is 19.9. The van der Waals surface area contributed by atoms with Crippen molar-refractivity contribution >= 4 is 5.91 Å². The van der Waals surface area contributed by atoms with Gasteiger partial charge < -0.3 is 4.90 Å². The second kappa shape index (κ2) is 6.78.